The van der Waals surface area contributed by atoms with Crippen molar-refractivity contribution >= 4 is 41.1 Å². The van der Waals surface area contributed by atoms with Crippen LogP contribution in [0, 0.1) is 0 Å². The first-order valence-electron chi connectivity index (χ1n) is 4.44. The van der Waals surface area contributed by atoms with Gasteiger partial charge in [-0.15, -0.1) is 0 Å². The van der Waals surface area contributed by atoms with Crippen molar-refractivity contribution < 1.29 is 4.79 Å². The zero-order valence-corrected chi connectivity index (χ0v) is 10.1. The second-order valence-electron chi connectivity index (χ2n) is 2.97. The summed E-state index contributed by atoms with van der Waals surface area (Å²) in [5.41, 5.74) is 0. The van der Waals surface area contributed by atoms with E-state index in [1.165, 1.54) is 11.0 Å². The average molecular weight is 271 g/mol. The number of hydrogen-bond acceptors (Lipinski definition) is 3. The van der Waals surface area contributed by atoms with Crippen LogP contribution in [0.15, 0.2) is 6.33 Å². The van der Waals surface area contributed by atoms with Gasteiger partial charge in [-0.25, -0.2) is 9.67 Å². The minimum absolute atomic E-state index is 0.304. The van der Waals surface area contributed by atoms with E-state index in [1.54, 1.807) is 0 Å². The Hall–Kier alpha value is -0.320. The molecule has 0 radical (unpaired) electrons. The highest BCUT2D eigenvalue weighted by Crippen LogP contribution is 2.36. The van der Waals surface area contributed by atoms with E-state index in [-0.39, 0.29) is 0 Å². The molecule has 0 saturated heterocycles. The van der Waals surface area contributed by atoms with Crippen LogP contribution in [0.5, 0.6) is 0 Å². The Morgan fingerprint density at radius 3 is 2.73 bits per heavy atom. The smallest absolute Gasteiger partial charge is 0.249 e. The maximum atomic E-state index is 10.1. The quantitative estimate of drug-likeness (QED) is 0.469. The average Bonchev–Trinajstić information content (AvgIpc) is 2.59. The van der Waals surface area contributed by atoms with Gasteiger partial charge in [-0.1, -0.05) is 34.8 Å². The van der Waals surface area contributed by atoms with Crippen molar-refractivity contribution in [3.63, 3.8) is 0 Å². The molecule has 0 fully saturated rings. The number of nitrogens with zero attached hydrogens (tertiary/aromatic N) is 3. The van der Waals surface area contributed by atoms with E-state index in [0.29, 0.717) is 18.8 Å². The van der Waals surface area contributed by atoms with Crippen molar-refractivity contribution in [3.8, 4) is 0 Å². The summed E-state index contributed by atoms with van der Waals surface area (Å²) in [5, 5.41) is 3.94. The van der Waals surface area contributed by atoms with E-state index in [0.717, 1.165) is 19.1 Å². The van der Waals surface area contributed by atoms with Crippen molar-refractivity contribution in [2.45, 2.75) is 29.6 Å². The summed E-state index contributed by atoms with van der Waals surface area (Å²) in [7, 11) is 0. The summed E-state index contributed by atoms with van der Waals surface area (Å²) in [5.74, 6) is 0.304. The number of halogens is 3. The molecule has 0 amide bonds. The summed E-state index contributed by atoms with van der Waals surface area (Å²) in [6, 6.07) is 0. The van der Waals surface area contributed by atoms with Crippen LogP contribution in [0.2, 0.25) is 0 Å². The third kappa shape index (κ3) is 3.97. The Labute approximate surface area is 103 Å². The van der Waals surface area contributed by atoms with E-state index in [9.17, 15) is 4.79 Å². The molecule has 0 unspecified atom stereocenters. The van der Waals surface area contributed by atoms with E-state index < -0.39 is 3.79 Å². The molecule has 1 rings (SSSR count). The zero-order chi connectivity index (χ0) is 11.3. The molecule has 0 spiro atoms. The fourth-order valence-electron chi connectivity index (χ4n) is 1.14. The normalized spacial score (nSPS) is 11.7. The molecule has 7 heteroatoms. The first kappa shape index (κ1) is 12.7. The largest absolute Gasteiger partial charge is 0.303 e. The molecule has 4 nitrogen and oxygen atoms in total. The molecule has 1 aromatic rings. The van der Waals surface area contributed by atoms with Gasteiger partial charge < -0.3 is 4.79 Å². The van der Waals surface area contributed by atoms with Gasteiger partial charge in [0.25, 0.3) is 0 Å². The van der Waals surface area contributed by atoms with Crippen molar-refractivity contribution in [2.24, 2.45) is 0 Å². The van der Waals surface area contributed by atoms with Crippen LogP contribution in [-0.2, 0) is 15.1 Å². The third-order valence-corrected chi connectivity index (χ3v) is 2.32. The van der Waals surface area contributed by atoms with Crippen LogP contribution < -0.4 is 0 Å². The van der Waals surface area contributed by atoms with Gasteiger partial charge >= 0.3 is 0 Å². The van der Waals surface area contributed by atoms with E-state index in [2.05, 4.69) is 10.1 Å². The van der Waals surface area contributed by atoms with Gasteiger partial charge in [0.15, 0.2) is 5.82 Å². The van der Waals surface area contributed by atoms with Crippen LogP contribution in [0.1, 0.15) is 25.1 Å². The minimum Gasteiger partial charge on any atom is -0.303 e. The highest BCUT2D eigenvalue weighted by Gasteiger charge is 2.28. The van der Waals surface area contributed by atoms with E-state index in [1.807, 2.05) is 0 Å². The molecule has 0 N–H and O–H groups in total. The van der Waals surface area contributed by atoms with Gasteiger partial charge in [0.1, 0.15) is 12.6 Å². The number of aromatic nitrogens is 3. The lowest BCUT2D eigenvalue weighted by atomic mass is 10.2. The number of hydrogen-bond donors (Lipinski definition) is 0. The molecular weight excluding hydrogens is 260 g/mol. The number of aldehydes is 1. The number of rotatable bonds is 5. The second kappa shape index (κ2) is 5.68. The molecule has 15 heavy (non-hydrogen) atoms. The predicted molar refractivity (Wildman–Crippen MR) is 59.2 cm³/mol. The molecule has 1 heterocycles. The standard InChI is InChI=1S/C8H10Cl3N3O/c9-8(10,11)7-12-6-13-14(7)4-2-1-3-5-15/h5-6H,1-4H2. The molecule has 0 saturated carbocycles. The molecule has 0 aliphatic rings. The minimum atomic E-state index is -1.55. The number of unbranched alkanes of at least 4 members (excludes halogenated alkanes) is 2. The lowest BCUT2D eigenvalue weighted by molar-refractivity contribution is -0.107. The van der Waals surface area contributed by atoms with Crippen molar-refractivity contribution in [1.29, 1.82) is 0 Å². The van der Waals surface area contributed by atoms with Gasteiger partial charge in [-0.3, -0.25) is 0 Å². The van der Waals surface area contributed by atoms with Crippen LogP contribution >= 0.6 is 34.8 Å². The van der Waals surface area contributed by atoms with Crippen LogP contribution in [-0.4, -0.2) is 21.1 Å². The number of aryl methyl sites for hydroxylation is 1. The molecule has 0 aromatic carbocycles. The van der Waals surface area contributed by atoms with Gasteiger partial charge in [0.05, 0.1) is 0 Å². The molecule has 0 bridgehead atoms. The molecule has 84 valence electrons. The lowest BCUT2D eigenvalue weighted by Gasteiger charge is -2.11. The first-order valence-corrected chi connectivity index (χ1v) is 5.57. The summed E-state index contributed by atoms with van der Waals surface area (Å²) in [6.07, 6.45) is 4.37. The SMILES string of the molecule is O=CCCCCn1ncnc1C(Cl)(Cl)Cl. The summed E-state index contributed by atoms with van der Waals surface area (Å²) in [6.45, 7) is 0.594. The van der Waals surface area contributed by atoms with Crippen LogP contribution in [0.4, 0.5) is 0 Å². The van der Waals surface area contributed by atoms with E-state index in [4.69, 9.17) is 34.8 Å². The number of carbonyl (C=O) groups is 1. The Kier molecular flexibility index (Phi) is 4.83. The zero-order valence-electron chi connectivity index (χ0n) is 7.87. The summed E-state index contributed by atoms with van der Waals surface area (Å²) < 4.78 is -0.0149. The fourth-order valence-corrected chi connectivity index (χ4v) is 1.58. The van der Waals surface area contributed by atoms with Crippen molar-refractivity contribution in [3.05, 3.63) is 12.2 Å². The number of alkyl halides is 3. The van der Waals surface area contributed by atoms with Gasteiger partial charge in [0.2, 0.25) is 3.79 Å². The van der Waals surface area contributed by atoms with Crippen LogP contribution in [0.3, 0.4) is 0 Å². The Bertz CT molecular complexity index is 321. The molecule has 0 atom stereocenters. The van der Waals surface area contributed by atoms with E-state index >= 15 is 0 Å². The molecule has 0 aliphatic carbocycles. The van der Waals surface area contributed by atoms with Gasteiger partial charge in [0, 0.05) is 13.0 Å². The van der Waals surface area contributed by atoms with Gasteiger partial charge in [-0.2, -0.15) is 5.10 Å². The molecular formula is C8H10Cl3N3O. The van der Waals surface area contributed by atoms with Crippen LogP contribution in [0.25, 0.3) is 0 Å². The lowest BCUT2D eigenvalue weighted by Crippen LogP contribution is -2.13. The van der Waals surface area contributed by atoms with Crippen molar-refractivity contribution in [2.75, 3.05) is 0 Å². The highest BCUT2D eigenvalue weighted by atomic mass is 35.6. The Balaban J connectivity index is 2.54. The predicted octanol–water partition coefficient (Wildman–Crippen LogP) is 2.47. The monoisotopic (exact) mass is 269 g/mol. The van der Waals surface area contributed by atoms with Gasteiger partial charge in [-0.05, 0) is 12.8 Å². The Morgan fingerprint density at radius 1 is 1.40 bits per heavy atom. The summed E-state index contributed by atoms with van der Waals surface area (Å²) >= 11 is 17.1. The molecule has 0 aliphatic heterocycles. The fraction of sp³-hybridized carbons (Fsp3) is 0.625. The first-order chi connectivity index (χ1) is 7.05. The topological polar surface area (TPSA) is 47.8 Å². The third-order valence-electron chi connectivity index (χ3n) is 1.81. The maximum absolute atomic E-state index is 10.1. The molecule has 1 aromatic heterocycles. The summed E-state index contributed by atoms with van der Waals surface area (Å²) in [4.78, 5) is 14.0. The second-order valence-corrected chi connectivity index (χ2v) is 5.25. The maximum Gasteiger partial charge on any atom is 0.249 e. The van der Waals surface area contributed by atoms with Crippen molar-refractivity contribution in [1.82, 2.24) is 14.8 Å². The number of carbonyl (C=O) groups excluding carboxylic acids is 1. The Morgan fingerprint density at radius 2 is 2.13 bits per heavy atom. The highest BCUT2D eigenvalue weighted by molar-refractivity contribution is 6.66.